The van der Waals surface area contributed by atoms with Crippen molar-refractivity contribution >= 4 is 11.8 Å². The molecule has 1 aliphatic carbocycles. The van der Waals surface area contributed by atoms with Crippen molar-refractivity contribution in [1.82, 2.24) is 9.80 Å². The fourth-order valence-corrected chi connectivity index (χ4v) is 4.77. The highest BCUT2D eigenvalue weighted by molar-refractivity contribution is 6.00. The molecule has 0 spiro atoms. The summed E-state index contributed by atoms with van der Waals surface area (Å²) in [5, 5.41) is 10.8. The molecule has 0 radical (unpaired) electrons. The predicted octanol–water partition coefficient (Wildman–Crippen LogP) is 6.24. The van der Waals surface area contributed by atoms with Gasteiger partial charge < -0.3 is 15.5 Å². The molecule has 13 heteroatoms. The molecular formula is C26H33F6N7. The number of alkyl halides is 6. The molecule has 1 aromatic carbocycles. The van der Waals surface area contributed by atoms with Crippen molar-refractivity contribution in [3.8, 4) is 0 Å². The lowest BCUT2D eigenvalue weighted by molar-refractivity contribution is -0.143. The Morgan fingerprint density at radius 1 is 1.03 bits per heavy atom. The van der Waals surface area contributed by atoms with Crippen LogP contribution in [0.4, 0.5) is 26.3 Å². The van der Waals surface area contributed by atoms with Crippen LogP contribution in [0, 0.1) is 5.92 Å². The zero-order valence-corrected chi connectivity index (χ0v) is 21.9. The smallest absolute Gasteiger partial charge is 0.368 e. The summed E-state index contributed by atoms with van der Waals surface area (Å²) in [4.78, 5) is 8.27. The summed E-state index contributed by atoms with van der Waals surface area (Å²) in [6, 6.07) is 1.47. The van der Waals surface area contributed by atoms with Gasteiger partial charge in [0, 0.05) is 31.8 Å². The van der Waals surface area contributed by atoms with Gasteiger partial charge >= 0.3 is 12.4 Å². The molecule has 214 valence electrons. The monoisotopic (exact) mass is 557 g/mol. The fourth-order valence-electron chi connectivity index (χ4n) is 4.77. The summed E-state index contributed by atoms with van der Waals surface area (Å²) in [5.41, 5.74) is 3.80. The number of nitrogens with zero attached hydrogens (tertiary/aromatic N) is 6. The first kappa shape index (κ1) is 30.2. The average molecular weight is 558 g/mol. The van der Waals surface area contributed by atoms with E-state index in [4.69, 9.17) is 10.7 Å². The Kier molecular flexibility index (Phi) is 10.1. The van der Waals surface area contributed by atoms with Crippen molar-refractivity contribution in [2.45, 2.75) is 51.5 Å². The average Bonchev–Trinajstić information content (AvgIpc) is 3.28. The fraction of sp³-hybridized carbons (Fsp3) is 0.538. The molecule has 1 saturated carbocycles. The molecule has 0 amide bonds. The molecule has 7 nitrogen and oxygen atoms in total. The van der Waals surface area contributed by atoms with Crippen LogP contribution in [0.2, 0.25) is 0 Å². The summed E-state index contributed by atoms with van der Waals surface area (Å²) >= 11 is 0. The normalized spacial score (nSPS) is 17.4. The molecule has 3 rings (SSSR count). The Bertz CT molecular complexity index is 1100. The number of rotatable bonds is 8. The minimum Gasteiger partial charge on any atom is -0.368 e. The second-order valence-electron chi connectivity index (χ2n) is 9.49. The molecule has 2 aliphatic rings. The molecule has 0 saturated heterocycles. The number of likely N-dealkylation sites (N-methyl/N-ethyl adjacent to an activating group) is 1. The molecule has 39 heavy (non-hydrogen) atoms. The van der Waals surface area contributed by atoms with Crippen LogP contribution in [-0.4, -0.2) is 54.8 Å². The Morgan fingerprint density at radius 2 is 1.67 bits per heavy atom. The van der Waals surface area contributed by atoms with Gasteiger partial charge in [0.25, 0.3) is 0 Å². The molecule has 0 aromatic heterocycles. The van der Waals surface area contributed by atoms with E-state index in [9.17, 15) is 26.3 Å². The maximum absolute atomic E-state index is 13.5. The first-order valence-electron chi connectivity index (χ1n) is 12.7. The standard InChI is InChI=1S/C26H33F6N7/c1-3-38(15-18-8-4-5-9-18)23-20(10-6-7-11-35-23)17-39(24(33)36-37-34-2)16-19-12-21(25(27,28)29)14-22(13-19)26(30,31)32/h6-7,10,12-14,18H,3-5,8-9,11,15-17H2,1-2H3,(H2,33,34,36). The lowest BCUT2D eigenvalue weighted by atomic mass is 10.0. The largest absolute Gasteiger partial charge is 0.416 e. The maximum atomic E-state index is 13.5. The molecule has 0 bridgehead atoms. The summed E-state index contributed by atoms with van der Waals surface area (Å²) in [6.07, 6.45) is 0.214. The van der Waals surface area contributed by atoms with E-state index < -0.39 is 23.5 Å². The van der Waals surface area contributed by atoms with Gasteiger partial charge in [-0.3, -0.25) is 4.99 Å². The summed E-state index contributed by atoms with van der Waals surface area (Å²) in [7, 11) is 1.36. The third-order valence-electron chi connectivity index (χ3n) is 6.64. The van der Waals surface area contributed by atoms with E-state index in [2.05, 4.69) is 20.3 Å². The molecular weight excluding hydrogens is 524 g/mol. The van der Waals surface area contributed by atoms with Gasteiger partial charge in [0.1, 0.15) is 5.84 Å². The summed E-state index contributed by atoms with van der Waals surface area (Å²) in [6.45, 7) is 3.59. The van der Waals surface area contributed by atoms with E-state index in [1.165, 1.54) is 24.8 Å². The highest BCUT2D eigenvalue weighted by Crippen LogP contribution is 2.36. The third-order valence-corrected chi connectivity index (χ3v) is 6.64. The molecule has 1 fully saturated rings. The Hall–Kier alpha value is -3.38. The highest BCUT2D eigenvalue weighted by Gasteiger charge is 2.37. The number of hydrogen-bond acceptors (Lipinski definition) is 4. The van der Waals surface area contributed by atoms with Crippen LogP contribution < -0.4 is 5.73 Å². The van der Waals surface area contributed by atoms with Crippen LogP contribution in [-0.2, 0) is 18.9 Å². The van der Waals surface area contributed by atoms with E-state index >= 15 is 0 Å². The van der Waals surface area contributed by atoms with Gasteiger partial charge in [-0.1, -0.05) is 36.2 Å². The molecule has 0 atom stereocenters. The first-order valence-corrected chi connectivity index (χ1v) is 12.7. The van der Waals surface area contributed by atoms with Crippen molar-refractivity contribution in [2.75, 3.05) is 33.2 Å². The van der Waals surface area contributed by atoms with Gasteiger partial charge in [0.15, 0.2) is 0 Å². The van der Waals surface area contributed by atoms with Crippen molar-refractivity contribution < 1.29 is 26.3 Å². The van der Waals surface area contributed by atoms with Crippen LogP contribution in [0.1, 0.15) is 49.3 Å². The van der Waals surface area contributed by atoms with Crippen LogP contribution >= 0.6 is 0 Å². The number of nitrogens with two attached hydrogens (primary N) is 1. The van der Waals surface area contributed by atoms with E-state index in [0.29, 0.717) is 42.5 Å². The van der Waals surface area contributed by atoms with Crippen molar-refractivity contribution in [3.05, 3.63) is 58.7 Å². The SMILES string of the molecule is CCN(CC1CCCC1)C1=NCC=CC=C1CN(Cc1cc(C(F)(F)F)cc(C(F)(F)F)c1)/C(N)=N/N=NC. The summed E-state index contributed by atoms with van der Waals surface area (Å²) < 4.78 is 80.8. The minimum absolute atomic E-state index is 0.0243. The van der Waals surface area contributed by atoms with Crippen LogP contribution in [0.15, 0.2) is 62.4 Å². The lowest BCUT2D eigenvalue weighted by Crippen LogP contribution is -2.42. The van der Waals surface area contributed by atoms with Gasteiger partial charge in [-0.2, -0.15) is 31.5 Å². The predicted molar refractivity (Wildman–Crippen MR) is 138 cm³/mol. The highest BCUT2D eigenvalue weighted by atomic mass is 19.4. The molecule has 2 N–H and O–H groups in total. The van der Waals surface area contributed by atoms with Gasteiger partial charge in [0.05, 0.1) is 24.7 Å². The number of hydrogen-bond donors (Lipinski definition) is 1. The van der Waals surface area contributed by atoms with Gasteiger partial charge in [-0.15, -0.1) is 0 Å². The molecule has 0 unspecified atom stereocenters. The maximum Gasteiger partial charge on any atom is 0.416 e. The van der Waals surface area contributed by atoms with Crippen molar-refractivity contribution in [1.29, 1.82) is 0 Å². The van der Waals surface area contributed by atoms with E-state index in [1.54, 1.807) is 0 Å². The van der Waals surface area contributed by atoms with Crippen molar-refractivity contribution in [2.24, 2.45) is 32.1 Å². The molecule has 1 aromatic rings. The second kappa shape index (κ2) is 13.1. The Balaban J connectivity index is 1.98. The zero-order chi connectivity index (χ0) is 28.6. The quantitative estimate of drug-likeness (QED) is 0.135. The lowest BCUT2D eigenvalue weighted by Gasteiger charge is -2.31. The van der Waals surface area contributed by atoms with E-state index in [-0.39, 0.29) is 30.7 Å². The van der Waals surface area contributed by atoms with Gasteiger partial charge in [-0.25, -0.2) is 0 Å². The topological polar surface area (TPSA) is 81.9 Å². The van der Waals surface area contributed by atoms with Crippen LogP contribution in [0.25, 0.3) is 0 Å². The summed E-state index contributed by atoms with van der Waals surface area (Å²) in [5.74, 6) is 1.03. The number of benzene rings is 1. The number of allylic oxidation sites excluding steroid dienone is 2. The number of aliphatic imine (C=N–C) groups is 1. The number of guanidine groups is 1. The van der Waals surface area contributed by atoms with Gasteiger partial charge in [0.2, 0.25) is 5.96 Å². The van der Waals surface area contributed by atoms with Crippen LogP contribution in [0.5, 0.6) is 0 Å². The van der Waals surface area contributed by atoms with E-state index in [1.807, 2.05) is 25.2 Å². The number of halogens is 6. The minimum atomic E-state index is -4.97. The van der Waals surface area contributed by atoms with E-state index in [0.717, 1.165) is 19.4 Å². The Morgan fingerprint density at radius 3 is 2.23 bits per heavy atom. The first-order chi connectivity index (χ1) is 18.4. The molecule has 1 heterocycles. The number of amidine groups is 1. The van der Waals surface area contributed by atoms with Crippen LogP contribution in [0.3, 0.4) is 0 Å². The zero-order valence-electron chi connectivity index (χ0n) is 21.9. The van der Waals surface area contributed by atoms with Crippen molar-refractivity contribution in [3.63, 3.8) is 0 Å². The molecule has 1 aliphatic heterocycles. The third kappa shape index (κ3) is 8.56. The van der Waals surface area contributed by atoms with Gasteiger partial charge in [-0.05, 0) is 54.7 Å². The Labute approximate surface area is 223 Å². The second-order valence-corrected chi connectivity index (χ2v) is 9.49.